The minimum Gasteiger partial charge on any atom is -0.500 e. The Labute approximate surface area is 215 Å². The fraction of sp³-hybridized carbons (Fsp3) is 0.778. The number of allylic oxidation sites excluding steroid dienone is 2. The van der Waals surface area contributed by atoms with Gasteiger partial charge in [0.1, 0.15) is 0 Å². The number of alkyl halides is 1. The van der Waals surface area contributed by atoms with Crippen molar-refractivity contribution in [1.82, 2.24) is 0 Å². The van der Waals surface area contributed by atoms with E-state index >= 15 is 0 Å². The highest BCUT2D eigenvalue weighted by atomic mass is 79.9. The first-order valence-electron chi connectivity index (χ1n) is 12.5. The van der Waals surface area contributed by atoms with Crippen LogP contribution >= 0.6 is 15.9 Å². The second-order valence-electron chi connectivity index (χ2n) is 12.2. The van der Waals surface area contributed by atoms with Gasteiger partial charge in [-0.3, -0.25) is 0 Å². The summed E-state index contributed by atoms with van der Waals surface area (Å²) in [7, 11) is -3.78. The Bertz CT molecular complexity index is 720. The molecule has 190 valence electrons. The highest BCUT2D eigenvalue weighted by molar-refractivity contribution is 9.09. The molecule has 1 aliphatic rings. The molecule has 1 rings (SSSR count). The van der Waals surface area contributed by atoms with Crippen molar-refractivity contribution in [2.75, 3.05) is 0 Å². The molecule has 0 unspecified atom stereocenters. The molecular weight excluding hydrogens is 508 g/mol. The Hall–Kier alpha value is -0.326. The fourth-order valence-corrected chi connectivity index (χ4v) is 5.69. The first kappa shape index (κ1) is 30.7. The van der Waals surface area contributed by atoms with Crippen LogP contribution in [0, 0.1) is 12.0 Å². The van der Waals surface area contributed by atoms with E-state index in [1.54, 1.807) is 0 Å². The second-order valence-corrected chi connectivity index (χ2v) is 22.9. The van der Waals surface area contributed by atoms with Crippen LogP contribution in [0.15, 0.2) is 24.3 Å². The molecule has 0 fully saturated rings. The third kappa shape index (κ3) is 9.68. The lowest BCUT2D eigenvalue weighted by Gasteiger charge is -2.41. The van der Waals surface area contributed by atoms with Crippen LogP contribution in [0.2, 0.25) is 36.3 Å². The van der Waals surface area contributed by atoms with E-state index in [0.29, 0.717) is 4.83 Å². The molecule has 33 heavy (non-hydrogen) atoms. The average molecular weight is 558 g/mol. The number of halogens is 1. The number of ether oxygens (including phenoxy) is 1. The predicted molar refractivity (Wildman–Crippen MR) is 152 cm³/mol. The molecule has 0 aliphatic carbocycles. The maximum absolute atomic E-state index is 6.89. The predicted octanol–water partition coefficient (Wildman–Crippen LogP) is 8.58. The molecule has 0 aromatic heterocycles. The van der Waals surface area contributed by atoms with E-state index in [9.17, 15) is 0 Å². The maximum atomic E-state index is 6.89. The summed E-state index contributed by atoms with van der Waals surface area (Å²) in [6, 6.07) is 0. The van der Waals surface area contributed by atoms with Crippen molar-refractivity contribution in [3.8, 4) is 12.0 Å². The quantitative estimate of drug-likeness (QED) is 0.142. The zero-order chi connectivity index (χ0) is 25.5. The van der Waals surface area contributed by atoms with Gasteiger partial charge in [-0.05, 0) is 73.9 Å². The normalized spacial score (nSPS) is 26.7. The monoisotopic (exact) mass is 556 g/mol. The van der Waals surface area contributed by atoms with Crippen LogP contribution in [0.5, 0.6) is 0 Å². The molecule has 0 radical (unpaired) electrons. The van der Waals surface area contributed by atoms with Crippen LogP contribution in [0.4, 0.5) is 0 Å². The molecule has 1 aliphatic heterocycles. The number of hydrogen-bond acceptors (Lipinski definition) is 3. The van der Waals surface area contributed by atoms with Gasteiger partial charge in [-0.2, -0.15) is 0 Å². The molecule has 4 atom stereocenters. The van der Waals surface area contributed by atoms with Crippen LogP contribution in [-0.4, -0.2) is 39.8 Å². The minimum atomic E-state index is -1.93. The smallest absolute Gasteiger partial charge is 0.264 e. The molecule has 0 aromatic rings. The van der Waals surface area contributed by atoms with Crippen molar-refractivity contribution in [1.29, 1.82) is 0 Å². The van der Waals surface area contributed by atoms with Crippen LogP contribution in [0.1, 0.15) is 74.1 Å². The summed E-state index contributed by atoms with van der Waals surface area (Å²) in [4.78, 5) is 0.314. The van der Waals surface area contributed by atoms with Gasteiger partial charge in [0.2, 0.25) is 0 Å². The van der Waals surface area contributed by atoms with Crippen LogP contribution in [-0.2, 0) is 13.6 Å². The zero-order valence-corrected chi connectivity index (χ0v) is 26.6. The lowest BCUT2D eigenvalue weighted by molar-refractivity contribution is -0.0687. The summed E-state index contributed by atoms with van der Waals surface area (Å²) in [6.45, 7) is 24.8. The van der Waals surface area contributed by atoms with Gasteiger partial charge in [-0.25, -0.2) is 0 Å². The molecule has 0 amide bonds. The van der Waals surface area contributed by atoms with Crippen LogP contribution in [0.3, 0.4) is 0 Å². The lowest BCUT2D eigenvalue weighted by Crippen LogP contribution is -2.48. The number of hydrogen-bond donors (Lipinski definition) is 0. The first-order valence-corrected chi connectivity index (χ1v) is 19.2. The van der Waals surface area contributed by atoms with Crippen LogP contribution in [0.25, 0.3) is 0 Å². The van der Waals surface area contributed by atoms with Crippen molar-refractivity contribution < 1.29 is 13.6 Å². The second kappa shape index (κ2) is 12.6. The molecule has 0 bridgehead atoms. The molecule has 3 nitrogen and oxygen atoms in total. The minimum absolute atomic E-state index is 0.00812. The van der Waals surface area contributed by atoms with E-state index in [1.807, 2.05) is 6.08 Å². The Kier molecular flexibility index (Phi) is 11.7. The summed E-state index contributed by atoms with van der Waals surface area (Å²) < 4.78 is 19.6. The first-order chi connectivity index (χ1) is 15.0. The summed E-state index contributed by atoms with van der Waals surface area (Å²) in [5, 5.41) is 0.310. The Balaban J connectivity index is 3.03. The highest BCUT2D eigenvalue weighted by Gasteiger charge is 2.41. The topological polar surface area (TPSA) is 27.7 Å². The van der Waals surface area contributed by atoms with Gasteiger partial charge in [-0.1, -0.05) is 82.6 Å². The molecule has 0 N–H and O–H groups in total. The van der Waals surface area contributed by atoms with Crippen molar-refractivity contribution in [2.24, 2.45) is 0 Å². The van der Waals surface area contributed by atoms with Gasteiger partial charge in [0.25, 0.3) is 8.32 Å². The van der Waals surface area contributed by atoms with Gasteiger partial charge in [0.05, 0.1) is 24.4 Å². The molecule has 0 spiro atoms. The SMILES string of the molecule is CC[C@@H]1O[C@@H](C/C=C\C#CO[Si](C)(C)C(C)(C)C)[C@H](O[Si](C)(C)C(C)(C)C)C/C=C\C[C@@H]1Br. The average Bonchev–Trinajstić information content (AvgIpc) is 2.73. The van der Waals surface area contributed by atoms with Crippen molar-refractivity contribution in [2.45, 2.75) is 134 Å². The van der Waals surface area contributed by atoms with Crippen molar-refractivity contribution in [3.05, 3.63) is 24.3 Å². The number of rotatable bonds is 6. The Morgan fingerprint density at radius 2 is 1.55 bits per heavy atom. The van der Waals surface area contributed by atoms with Gasteiger partial charge in [-0.15, -0.1) is 0 Å². The largest absolute Gasteiger partial charge is 0.500 e. The molecule has 0 aromatic carbocycles. The zero-order valence-electron chi connectivity index (χ0n) is 23.0. The molecule has 1 heterocycles. The van der Waals surface area contributed by atoms with E-state index in [0.717, 1.165) is 25.7 Å². The maximum Gasteiger partial charge on any atom is 0.264 e. The Morgan fingerprint density at radius 1 is 0.970 bits per heavy atom. The van der Waals surface area contributed by atoms with Gasteiger partial charge in [0.15, 0.2) is 8.32 Å². The van der Waals surface area contributed by atoms with E-state index < -0.39 is 16.6 Å². The fourth-order valence-electron chi connectivity index (χ4n) is 3.00. The summed E-state index contributed by atoms with van der Waals surface area (Å²) in [5.74, 6) is 3.09. The lowest BCUT2D eigenvalue weighted by atomic mass is 10.1. The van der Waals surface area contributed by atoms with E-state index in [4.69, 9.17) is 13.6 Å². The molecule has 0 saturated carbocycles. The van der Waals surface area contributed by atoms with E-state index in [1.165, 1.54) is 0 Å². The summed E-state index contributed by atoms with van der Waals surface area (Å²) in [5.41, 5.74) is 0. The highest BCUT2D eigenvalue weighted by Crippen LogP contribution is 2.39. The van der Waals surface area contributed by atoms with Crippen LogP contribution < -0.4 is 0 Å². The van der Waals surface area contributed by atoms with Gasteiger partial charge >= 0.3 is 0 Å². The summed E-state index contributed by atoms with van der Waals surface area (Å²) >= 11 is 3.85. The third-order valence-corrected chi connectivity index (χ3v) is 17.2. The third-order valence-electron chi connectivity index (χ3n) is 7.46. The van der Waals surface area contributed by atoms with Crippen molar-refractivity contribution in [3.63, 3.8) is 0 Å². The Morgan fingerprint density at radius 3 is 2.09 bits per heavy atom. The van der Waals surface area contributed by atoms with E-state index in [2.05, 4.69) is 121 Å². The summed E-state index contributed by atoms with van der Waals surface area (Å²) in [6.07, 6.45) is 15.3. The standard InChI is InChI=1S/C27H49BrO3Si2/c1-12-23-22(28)18-15-16-20-25(31-33(10,11)27(5,6)7)24(30-23)19-14-13-17-21-29-32(8,9)26(2,3)4/h13-16,22-25H,12,18-20H2,1-11H3/b14-13-,16-15-/t22-,23-,24-,25+/m0/s1. The molecule has 0 saturated heterocycles. The van der Waals surface area contributed by atoms with Gasteiger partial charge < -0.3 is 13.6 Å². The molecule has 6 heteroatoms. The molecular formula is C27H49BrO3Si2. The van der Waals surface area contributed by atoms with Gasteiger partial charge in [0, 0.05) is 4.83 Å². The van der Waals surface area contributed by atoms with Crippen molar-refractivity contribution >= 4 is 32.6 Å². The van der Waals surface area contributed by atoms with E-state index in [-0.39, 0.29) is 28.4 Å².